The number of aliphatic hydroxyl groups excluding tert-OH is 1. The molecule has 1 aliphatic carbocycles. The number of hydrogen-bond acceptors (Lipinski definition) is 3. The highest BCUT2D eigenvalue weighted by Crippen LogP contribution is 2.31. The number of hydrogen-bond donors (Lipinski definition) is 2. The van der Waals surface area contributed by atoms with Gasteiger partial charge in [0.15, 0.2) is 0 Å². The van der Waals surface area contributed by atoms with Gasteiger partial charge in [-0.05, 0) is 44.2 Å². The zero-order chi connectivity index (χ0) is 11.7. The highest BCUT2D eigenvalue weighted by molar-refractivity contribution is 5.14. The molecule has 1 saturated carbocycles. The zero-order valence-electron chi connectivity index (χ0n) is 10.2. The van der Waals surface area contributed by atoms with E-state index in [2.05, 4.69) is 16.5 Å². The van der Waals surface area contributed by atoms with Gasteiger partial charge in [0.05, 0.1) is 24.0 Å². The summed E-state index contributed by atoms with van der Waals surface area (Å²) in [6.45, 7) is 2.18. The van der Waals surface area contributed by atoms with E-state index in [9.17, 15) is 5.11 Å². The van der Waals surface area contributed by atoms with Crippen LogP contribution in [0.25, 0.3) is 0 Å². The Morgan fingerprint density at radius 3 is 2.88 bits per heavy atom. The largest absolute Gasteiger partial charge is 0.390 e. The summed E-state index contributed by atoms with van der Waals surface area (Å²) in [7, 11) is 0. The van der Waals surface area contributed by atoms with Crippen LogP contribution in [-0.2, 0) is 13.2 Å². The number of nitrogens with zero attached hydrogens (tertiary/aromatic N) is 2. The molecule has 2 heterocycles. The monoisotopic (exact) mass is 235 g/mol. The highest BCUT2D eigenvalue weighted by Gasteiger charge is 2.25. The standard InChI is InChI=1S/C13H21N3O/c17-9-11-7-13(12-3-1-2-6-14-12)15-16(11)8-10-4-5-10/h7,10,12,14,17H,1-6,8-9H2/t12-/m1/s1. The fraction of sp³-hybridized carbons (Fsp3) is 0.769. The minimum Gasteiger partial charge on any atom is -0.390 e. The molecule has 3 rings (SSSR count). The van der Waals surface area contributed by atoms with E-state index in [1.54, 1.807) is 0 Å². The van der Waals surface area contributed by atoms with Crippen molar-refractivity contribution in [3.63, 3.8) is 0 Å². The number of rotatable bonds is 4. The summed E-state index contributed by atoms with van der Waals surface area (Å²) < 4.78 is 2.02. The van der Waals surface area contributed by atoms with Crippen LogP contribution in [0, 0.1) is 5.92 Å². The molecular formula is C13H21N3O. The van der Waals surface area contributed by atoms with Crippen LogP contribution in [0.5, 0.6) is 0 Å². The molecule has 0 radical (unpaired) electrons. The van der Waals surface area contributed by atoms with Crippen molar-refractivity contribution >= 4 is 0 Å². The summed E-state index contributed by atoms with van der Waals surface area (Å²) in [4.78, 5) is 0. The molecule has 2 N–H and O–H groups in total. The van der Waals surface area contributed by atoms with Crippen molar-refractivity contribution in [2.45, 2.75) is 51.3 Å². The van der Waals surface area contributed by atoms with Crippen LogP contribution in [0.3, 0.4) is 0 Å². The van der Waals surface area contributed by atoms with Crippen molar-refractivity contribution in [1.82, 2.24) is 15.1 Å². The summed E-state index contributed by atoms with van der Waals surface area (Å²) in [5.74, 6) is 0.798. The zero-order valence-corrected chi connectivity index (χ0v) is 10.2. The molecule has 1 aliphatic heterocycles. The molecule has 0 spiro atoms. The normalized spacial score (nSPS) is 25.1. The molecule has 2 fully saturated rings. The smallest absolute Gasteiger partial charge is 0.0849 e. The van der Waals surface area contributed by atoms with E-state index in [1.165, 1.54) is 32.1 Å². The topological polar surface area (TPSA) is 50.1 Å². The van der Waals surface area contributed by atoms with Gasteiger partial charge in [0, 0.05) is 6.54 Å². The maximum atomic E-state index is 9.38. The fourth-order valence-corrected chi connectivity index (χ4v) is 2.58. The Morgan fingerprint density at radius 2 is 2.24 bits per heavy atom. The predicted octanol–water partition coefficient (Wildman–Crippen LogP) is 1.60. The van der Waals surface area contributed by atoms with E-state index in [4.69, 9.17) is 0 Å². The van der Waals surface area contributed by atoms with Crippen molar-refractivity contribution in [1.29, 1.82) is 0 Å². The molecule has 1 atom stereocenters. The lowest BCUT2D eigenvalue weighted by Crippen LogP contribution is -2.27. The van der Waals surface area contributed by atoms with Crippen molar-refractivity contribution in [2.75, 3.05) is 6.54 Å². The molecule has 0 amide bonds. The van der Waals surface area contributed by atoms with Gasteiger partial charge in [-0.2, -0.15) is 5.10 Å². The summed E-state index contributed by atoms with van der Waals surface area (Å²) in [6.07, 6.45) is 6.36. The summed E-state index contributed by atoms with van der Waals surface area (Å²) in [5.41, 5.74) is 2.09. The van der Waals surface area contributed by atoms with Gasteiger partial charge in [-0.1, -0.05) is 6.42 Å². The molecule has 4 nitrogen and oxygen atoms in total. The van der Waals surface area contributed by atoms with Crippen LogP contribution in [0.1, 0.15) is 49.5 Å². The highest BCUT2D eigenvalue weighted by atomic mass is 16.3. The Kier molecular flexibility index (Phi) is 3.16. The predicted molar refractivity (Wildman–Crippen MR) is 65.5 cm³/mol. The third kappa shape index (κ3) is 2.53. The average molecular weight is 235 g/mol. The first-order valence-electron chi connectivity index (χ1n) is 6.77. The second kappa shape index (κ2) is 4.78. The van der Waals surface area contributed by atoms with Crippen LogP contribution in [0.4, 0.5) is 0 Å². The van der Waals surface area contributed by atoms with Gasteiger partial charge in [-0.3, -0.25) is 4.68 Å². The lowest BCUT2D eigenvalue weighted by Gasteiger charge is -2.21. The van der Waals surface area contributed by atoms with Crippen molar-refractivity contribution in [2.24, 2.45) is 5.92 Å². The van der Waals surface area contributed by atoms with Gasteiger partial charge in [0.25, 0.3) is 0 Å². The first-order valence-corrected chi connectivity index (χ1v) is 6.77. The maximum absolute atomic E-state index is 9.38. The van der Waals surface area contributed by atoms with E-state index in [-0.39, 0.29) is 6.61 Å². The van der Waals surface area contributed by atoms with Crippen LogP contribution in [0.15, 0.2) is 6.07 Å². The third-order valence-corrected chi connectivity index (χ3v) is 3.84. The first kappa shape index (κ1) is 11.2. The van der Waals surface area contributed by atoms with Crippen LogP contribution < -0.4 is 5.32 Å². The molecule has 1 aromatic heterocycles. The number of aromatic nitrogens is 2. The van der Waals surface area contributed by atoms with Gasteiger partial charge in [-0.25, -0.2) is 0 Å². The van der Waals surface area contributed by atoms with Crippen LogP contribution >= 0.6 is 0 Å². The van der Waals surface area contributed by atoms with Gasteiger partial charge in [0.2, 0.25) is 0 Å². The van der Waals surface area contributed by atoms with Gasteiger partial charge in [0.1, 0.15) is 0 Å². The van der Waals surface area contributed by atoms with E-state index in [0.717, 1.165) is 30.4 Å². The minimum atomic E-state index is 0.104. The van der Waals surface area contributed by atoms with E-state index >= 15 is 0 Å². The van der Waals surface area contributed by atoms with E-state index < -0.39 is 0 Å². The lowest BCUT2D eigenvalue weighted by molar-refractivity contribution is 0.266. The quantitative estimate of drug-likeness (QED) is 0.833. The Bertz CT molecular complexity index is 378. The fourth-order valence-electron chi connectivity index (χ4n) is 2.58. The lowest BCUT2D eigenvalue weighted by atomic mass is 10.0. The SMILES string of the molecule is OCc1cc([C@H]2CCCCN2)nn1CC1CC1. The summed E-state index contributed by atoms with van der Waals surface area (Å²) >= 11 is 0. The van der Waals surface area contributed by atoms with Gasteiger partial charge in [-0.15, -0.1) is 0 Å². The molecular weight excluding hydrogens is 214 g/mol. The first-order chi connectivity index (χ1) is 8.36. The second-order valence-electron chi connectivity index (χ2n) is 5.35. The molecule has 1 aromatic rings. The Balaban J connectivity index is 1.76. The Hall–Kier alpha value is -0.870. The molecule has 2 aliphatic rings. The second-order valence-corrected chi connectivity index (χ2v) is 5.35. The van der Waals surface area contributed by atoms with E-state index in [0.29, 0.717) is 6.04 Å². The maximum Gasteiger partial charge on any atom is 0.0849 e. The molecule has 0 bridgehead atoms. The van der Waals surface area contributed by atoms with Crippen molar-refractivity contribution < 1.29 is 5.11 Å². The molecule has 4 heteroatoms. The number of aliphatic hydroxyl groups is 1. The minimum absolute atomic E-state index is 0.104. The van der Waals surface area contributed by atoms with Crippen molar-refractivity contribution in [3.8, 4) is 0 Å². The molecule has 0 aromatic carbocycles. The molecule has 1 saturated heterocycles. The summed E-state index contributed by atoms with van der Waals surface area (Å²) in [6, 6.07) is 2.47. The molecule has 17 heavy (non-hydrogen) atoms. The molecule has 94 valence electrons. The average Bonchev–Trinajstić information content (AvgIpc) is 3.09. The van der Waals surface area contributed by atoms with Crippen LogP contribution in [-0.4, -0.2) is 21.4 Å². The van der Waals surface area contributed by atoms with E-state index in [1.807, 2.05) is 4.68 Å². The van der Waals surface area contributed by atoms with Gasteiger partial charge >= 0.3 is 0 Å². The Labute approximate surface area is 102 Å². The van der Waals surface area contributed by atoms with Crippen LogP contribution in [0.2, 0.25) is 0 Å². The van der Waals surface area contributed by atoms with Crippen molar-refractivity contribution in [3.05, 3.63) is 17.5 Å². The number of nitrogens with one attached hydrogen (secondary N) is 1. The third-order valence-electron chi connectivity index (χ3n) is 3.84. The Morgan fingerprint density at radius 1 is 1.35 bits per heavy atom. The number of piperidine rings is 1. The summed E-state index contributed by atoms with van der Waals surface area (Å²) in [5, 5.41) is 17.6. The van der Waals surface area contributed by atoms with Gasteiger partial charge < -0.3 is 10.4 Å². The molecule has 0 unspecified atom stereocenters.